The van der Waals surface area contributed by atoms with Gasteiger partial charge in [-0.25, -0.2) is 8.42 Å². The number of amides is 2. The van der Waals surface area contributed by atoms with Gasteiger partial charge >= 0.3 is 0 Å². The molecule has 4 rings (SSSR count). The number of methoxy groups -OCH3 is 1. The molecule has 11 heteroatoms. The Balaban J connectivity index is 1.86. The minimum atomic E-state index is -4.28. The van der Waals surface area contributed by atoms with Crippen molar-refractivity contribution in [2.45, 2.75) is 43.8 Å². The summed E-state index contributed by atoms with van der Waals surface area (Å²) in [6, 6.07) is 27.4. The molecule has 0 aliphatic carbocycles. The number of para-hydroxylation sites is 2. The van der Waals surface area contributed by atoms with Gasteiger partial charge < -0.3 is 15.0 Å². The van der Waals surface area contributed by atoms with Crippen molar-refractivity contribution in [3.05, 3.63) is 124 Å². The van der Waals surface area contributed by atoms with Crippen molar-refractivity contribution in [2.24, 2.45) is 0 Å². The topological polar surface area (TPSA) is 96.0 Å². The zero-order valence-electron chi connectivity index (χ0n) is 25.2. The van der Waals surface area contributed by atoms with E-state index in [4.69, 9.17) is 27.9 Å². The Morgan fingerprint density at radius 1 is 0.822 bits per heavy atom. The molecule has 0 aliphatic rings. The van der Waals surface area contributed by atoms with Crippen LogP contribution in [-0.4, -0.2) is 50.9 Å². The Morgan fingerprint density at radius 2 is 1.40 bits per heavy atom. The molecule has 8 nitrogen and oxygen atoms in total. The van der Waals surface area contributed by atoms with Crippen LogP contribution in [0.5, 0.6) is 5.75 Å². The SMILES string of the molecule is COc1ccccc1N(CC(=O)N(Cc1c(Cl)cccc1Cl)C(Cc1ccccc1)C(=O)NC(C)C)S(=O)(=O)c1ccccc1. The summed E-state index contributed by atoms with van der Waals surface area (Å²) in [6.07, 6.45) is 0.160. The molecule has 0 bridgehead atoms. The number of rotatable bonds is 13. The molecule has 0 heterocycles. The van der Waals surface area contributed by atoms with Crippen molar-refractivity contribution in [3.63, 3.8) is 0 Å². The lowest BCUT2D eigenvalue weighted by molar-refractivity contribution is -0.140. The average Bonchev–Trinajstić information content (AvgIpc) is 3.03. The average molecular weight is 669 g/mol. The maximum atomic E-state index is 14.6. The van der Waals surface area contributed by atoms with E-state index in [1.807, 2.05) is 44.2 Å². The fourth-order valence-corrected chi connectivity index (χ4v) is 6.82. The van der Waals surface area contributed by atoms with Gasteiger partial charge in [-0.05, 0) is 55.8 Å². The Bertz CT molecular complexity index is 1700. The summed E-state index contributed by atoms with van der Waals surface area (Å²) >= 11 is 13.1. The van der Waals surface area contributed by atoms with Gasteiger partial charge in [0.15, 0.2) is 0 Å². The number of sulfonamides is 1. The van der Waals surface area contributed by atoms with E-state index in [-0.39, 0.29) is 35.3 Å². The molecule has 236 valence electrons. The summed E-state index contributed by atoms with van der Waals surface area (Å²) in [5.74, 6) is -0.791. The standard InChI is InChI=1S/C34H35Cl2N3O5S/c1-24(2)37-34(41)31(21-25-13-6-4-7-14-25)38(22-27-28(35)17-12-18-29(27)36)33(40)23-39(30-19-10-11-20-32(30)44-3)45(42,43)26-15-8-5-9-16-26/h4-20,24,31H,21-23H2,1-3H3,(H,37,41). The molecule has 4 aromatic carbocycles. The van der Waals surface area contributed by atoms with Gasteiger partial charge in [-0.3, -0.25) is 13.9 Å². The van der Waals surface area contributed by atoms with Crippen molar-refractivity contribution in [3.8, 4) is 5.75 Å². The Labute approximate surface area is 274 Å². The molecule has 2 amide bonds. The van der Waals surface area contributed by atoms with Gasteiger partial charge in [0.05, 0.1) is 17.7 Å². The van der Waals surface area contributed by atoms with Crippen LogP contribution in [-0.2, 0) is 32.6 Å². The molecule has 0 aliphatic heterocycles. The lowest BCUT2D eigenvalue weighted by Crippen LogP contribution is -2.54. The molecule has 0 saturated heterocycles. The molecule has 1 N–H and O–H groups in total. The zero-order chi connectivity index (χ0) is 32.6. The largest absolute Gasteiger partial charge is 0.495 e. The Hall–Kier alpha value is -4.05. The van der Waals surface area contributed by atoms with Crippen LogP contribution in [0.4, 0.5) is 5.69 Å². The Morgan fingerprint density at radius 3 is 2.00 bits per heavy atom. The van der Waals surface area contributed by atoms with E-state index in [1.165, 1.54) is 24.1 Å². The summed E-state index contributed by atoms with van der Waals surface area (Å²) in [5, 5.41) is 3.54. The van der Waals surface area contributed by atoms with Crippen LogP contribution in [0.25, 0.3) is 0 Å². The van der Waals surface area contributed by atoms with Crippen LogP contribution in [0.1, 0.15) is 25.0 Å². The predicted molar refractivity (Wildman–Crippen MR) is 178 cm³/mol. The molecule has 1 unspecified atom stereocenters. The molecule has 0 radical (unpaired) electrons. The third-order valence-corrected chi connectivity index (χ3v) is 9.54. The number of nitrogens with zero attached hydrogens (tertiary/aromatic N) is 2. The number of hydrogen-bond donors (Lipinski definition) is 1. The van der Waals surface area contributed by atoms with Crippen molar-refractivity contribution in [2.75, 3.05) is 18.0 Å². The minimum absolute atomic E-state index is 0.0113. The van der Waals surface area contributed by atoms with Gasteiger partial charge in [-0.15, -0.1) is 0 Å². The monoisotopic (exact) mass is 667 g/mol. The van der Waals surface area contributed by atoms with Crippen LogP contribution >= 0.6 is 23.2 Å². The molecule has 4 aromatic rings. The van der Waals surface area contributed by atoms with Crippen molar-refractivity contribution < 1.29 is 22.7 Å². The van der Waals surface area contributed by atoms with Gasteiger partial charge in [0.1, 0.15) is 18.3 Å². The summed E-state index contributed by atoms with van der Waals surface area (Å²) < 4.78 is 34.8. The van der Waals surface area contributed by atoms with E-state index in [0.717, 1.165) is 9.87 Å². The number of carbonyl (C=O) groups excluding carboxylic acids is 2. The number of benzene rings is 4. The highest BCUT2D eigenvalue weighted by molar-refractivity contribution is 7.92. The van der Waals surface area contributed by atoms with Gasteiger partial charge in [0.25, 0.3) is 10.0 Å². The van der Waals surface area contributed by atoms with Gasteiger partial charge in [-0.2, -0.15) is 0 Å². The first kappa shape index (κ1) is 33.8. The minimum Gasteiger partial charge on any atom is -0.495 e. The highest BCUT2D eigenvalue weighted by atomic mass is 35.5. The van der Waals surface area contributed by atoms with E-state index >= 15 is 0 Å². The third kappa shape index (κ3) is 8.36. The molecular formula is C34H35Cl2N3O5S. The molecule has 0 fully saturated rings. The first-order valence-electron chi connectivity index (χ1n) is 14.3. The molecule has 1 atom stereocenters. The molecule has 0 spiro atoms. The number of hydrogen-bond acceptors (Lipinski definition) is 5. The molecule has 0 saturated carbocycles. The van der Waals surface area contributed by atoms with Crippen molar-refractivity contribution in [1.29, 1.82) is 0 Å². The molecule has 0 aromatic heterocycles. The van der Waals surface area contributed by atoms with Crippen LogP contribution in [0.3, 0.4) is 0 Å². The molecule has 45 heavy (non-hydrogen) atoms. The first-order chi connectivity index (χ1) is 21.5. The predicted octanol–water partition coefficient (Wildman–Crippen LogP) is 6.36. The Kier molecular flexibility index (Phi) is 11.5. The summed E-state index contributed by atoms with van der Waals surface area (Å²) in [4.78, 5) is 29.7. The second-order valence-electron chi connectivity index (χ2n) is 10.6. The number of nitrogens with one attached hydrogen (secondary N) is 1. The summed E-state index contributed by atoms with van der Waals surface area (Å²) in [5.41, 5.74) is 1.40. The third-order valence-electron chi connectivity index (χ3n) is 7.06. The van der Waals surface area contributed by atoms with Crippen LogP contribution < -0.4 is 14.4 Å². The highest BCUT2D eigenvalue weighted by Gasteiger charge is 2.36. The lowest BCUT2D eigenvalue weighted by Gasteiger charge is -2.34. The molecular weight excluding hydrogens is 633 g/mol. The highest BCUT2D eigenvalue weighted by Crippen LogP contribution is 2.33. The lowest BCUT2D eigenvalue weighted by atomic mass is 10.0. The van der Waals surface area contributed by atoms with Gasteiger partial charge in [-0.1, -0.05) is 89.9 Å². The summed E-state index contributed by atoms with van der Waals surface area (Å²) in [7, 11) is -2.85. The normalized spacial score (nSPS) is 12.0. The van der Waals surface area contributed by atoms with E-state index in [2.05, 4.69) is 5.32 Å². The fraction of sp³-hybridized carbons (Fsp3) is 0.235. The number of carbonyl (C=O) groups is 2. The van der Waals surface area contributed by atoms with E-state index in [9.17, 15) is 18.0 Å². The maximum absolute atomic E-state index is 14.6. The van der Waals surface area contributed by atoms with E-state index < -0.39 is 34.4 Å². The van der Waals surface area contributed by atoms with Gasteiger partial charge in [0, 0.05) is 34.6 Å². The number of anilines is 1. The smallest absolute Gasteiger partial charge is 0.264 e. The van der Waals surface area contributed by atoms with Crippen LogP contribution in [0.15, 0.2) is 108 Å². The second kappa shape index (κ2) is 15.3. The fourth-order valence-electron chi connectivity index (χ4n) is 4.86. The summed E-state index contributed by atoms with van der Waals surface area (Å²) in [6.45, 7) is 2.86. The second-order valence-corrected chi connectivity index (χ2v) is 13.3. The van der Waals surface area contributed by atoms with Crippen LogP contribution in [0.2, 0.25) is 10.0 Å². The first-order valence-corrected chi connectivity index (χ1v) is 16.5. The van der Waals surface area contributed by atoms with Crippen molar-refractivity contribution >= 4 is 50.7 Å². The number of halogens is 2. The zero-order valence-corrected chi connectivity index (χ0v) is 27.5. The van der Waals surface area contributed by atoms with Crippen LogP contribution in [0, 0.1) is 0 Å². The van der Waals surface area contributed by atoms with E-state index in [0.29, 0.717) is 15.6 Å². The van der Waals surface area contributed by atoms with E-state index in [1.54, 1.807) is 60.7 Å². The van der Waals surface area contributed by atoms with Crippen molar-refractivity contribution in [1.82, 2.24) is 10.2 Å². The van der Waals surface area contributed by atoms with Gasteiger partial charge in [0.2, 0.25) is 11.8 Å². The maximum Gasteiger partial charge on any atom is 0.264 e. The number of ether oxygens (including phenoxy) is 1. The quantitative estimate of drug-likeness (QED) is 0.179.